The number of ether oxygens (including phenoxy) is 1. The number of hydrogen-bond donors (Lipinski definition) is 2. The molecule has 0 unspecified atom stereocenters. The number of carbonyl (C=O) groups is 1. The molecule has 0 aromatic carbocycles. The van der Waals surface area contributed by atoms with Crippen LogP contribution >= 0.6 is 11.8 Å². The molecule has 0 radical (unpaired) electrons. The van der Waals surface area contributed by atoms with Gasteiger partial charge in [-0.05, 0) is 0 Å². The number of hydrogen-bond acceptors (Lipinski definition) is 4. The van der Waals surface area contributed by atoms with E-state index in [-0.39, 0.29) is 5.91 Å². The van der Waals surface area contributed by atoms with Crippen LogP contribution in [0.3, 0.4) is 0 Å². The third-order valence-electron chi connectivity index (χ3n) is 1.37. The number of methoxy groups -OCH3 is 1. The minimum absolute atomic E-state index is 0.0790. The molecule has 0 aliphatic heterocycles. The van der Waals surface area contributed by atoms with Gasteiger partial charge in [0.05, 0.1) is 6.61 Å². The van der Waals surface area contributed by atoms with Crippen molar-refractivity contribution in [1.29, 1.82) is 0 Å². The Morgan fingerprint density at radius 1 is 1.54 bits per heavy atom. The van der Waals surface area contributed by atoms with Gasteiger partial charge >= 0.3 is 0 Å². The third kappa shape index (κ3) is 9.66. The van der Waals surface area contributed by atoms with Crippen molar-refractivity contribution in [2.45, 2.75) is 6.42 Å². The summed E-state index contributed by atoms with van der Waals surface area (Å²) in [4.78, 5) is 11.0. The lowest BCUT2D eigenvalue weighted by Gasteiger charge is -2.02. The van der Waals surface area contributed by atoms with E-state index in [0.717, 1.165) is 18.1 Å². The molecule has 0 aromatic rings. The van der Waals surface area contributed by atoms with E-state index in [0.29, 0.717) is 19.5 Å². The van der Waals surface area contributed by atoms with E-state index in [1.165, 1.54) is 0 Å². The average molecular weight is 206 g/mol. The Hall–Kier alpha value is -0.260. The molecule has 0 bridgehead atoms. The highest BCUT2D eigenvalue weighted by molar-refractivity contribution is 7.99. The van der Waals surface area contributed by atoms with Gasteiger partial charge in [0.1, 0.15) is 0 Å². The van der Waals surface area contributed by atoms with Crippen molar-refractivity contribution in [2.75, 3.05) is 38.3 Å². The first-order chi connectivity index (χ1) is 6.31. The van der Waals surface area contributed by atoms with Crippen LogP contribution in [0.5, 0.6) is 0 Å². The Kier molecular flexibility index (Phi) is 9.63. The zero-order valence-electron chi connectivity index (χ0n) is 8.04. The fourth-order valence-electron chi connectivity index (χ4n) is 0.709. The standard InChI is InChI=1S/C8H18N2O2S/c1-12-5-7-13-6-2-8(11)10-4-3-9/h2-7,9H2,1H3,(H,10,11). The Morgan fingerprint density at radius 3 is 2.92 bits per heavy atom. The van der Waals surface area contributed by atoms with Gasteiger partial charge in [0.2, 0.25) is 5.91 Å². The predicted octanol–water partition coefficient (Wildman–Crippen LogP) is -0.169. The van der Waals surface area contributed by atoms with E-state index >= 15 is 0 Å². The monoisotopic (exact) mass is 206 g/mol. The maximum Gasteiger partial charge on any atom is 0.220 e. The number of nitrogens with two attached hydrogens (primary N) is 1. The Balaban J connectivity index is 3.08. The van der Waals surface area contributed by atoms with E-state index in [1.807, 2.05) is 0 Å². The molecule has 4 nitrogen and oxygen atoms in total. The fraction of sp³-hybridized carbons (Fsp3) is 0.875. The fourth-order valence-corrected chi connectivity index (χ4v) is 1.53. The number of nitrogens with one attached hydrogen (secondary N) is 1. The Morgan fingerprint density at radius 2 is 2.31 bits per heavy atom. The summed E-state index contributed by atoms with van der Waals surface area (Å²) in [6.07, 6.45) is 0.564. The van der Waals surface area contributed by atoms with E-state index in [4.69, 9.17) is 10.5 Å². The molecule has 78 valence electrons. The highest BCUT2D eigenvalue weighted by atomic mass is 32.2. The number of thioether (sulfide) groups is 1. The van der Waals surface area contributed by atoms with Gasteiger partial charge in [-0.1, -0.05) is 0 Å². The smallest absolute Gasteiger partial charge is 0.220 e. The number of carbonyl (C=O) groups excluding carboxylic acids is 1. The zero-order chi connectivity index (χ0) is 9.94. The first kappa shape index (κ1) is 12.7. The lowest BCUT2D eigenvalue weighted by molar-refractivity contribution is -0.120. The van der Waals surface area contributed by atoms with E-state index < -0.39 is 0 Å². The second-order valence-electron chi connectivity index (χ2n) is 2.49. The predicted molar refractivity (Wildman–Crippen MR) is 55.9 cm³/mol. The molecular weight excluding hydrogens is 188 g/mol. The SMILES string of the molecule is COCCSCCC(=O)NCCN. The van der Waals surface area contributed by atoms with Gasteiger partial charge in [-0.2, -0.15) is 11.8 Å². The van der Waals surface area contributed by atoms with Gasteiger partial charge in [0.25, 0.3) is 0 Å². The Bertz CT molecular complexity index is 133. The van der Waals surface area contributed by atoms with E-state index in [2.05, 4.69) is 5.32 Å². The van der Waals surface area contributed by atoms with Crippen molar-refractivity contribution in [3.63, 3.8) is 0 Å². The Labute approximate surface area is 83.6 Å². The second kappa shape index (κ2) is 9.83. The number of amides is 1. The summed E-state index contributed by atoms with van der Waals surface area (Å²) in [6.45, 7) is 1.82. The topological polar surface area (TPSA) is 64.3 Å². The molecule has 0 saturated heterocycles. The summed E-state index contributed by atoms with van der Waals surface area (Å²) in [5.41, 5.74) is 5.23. The quantitative estimate of drug-likeness (QED) is 0.541. The van der Waals surface area contributed by atoms with Crippen LogP contribution in [-0.4, -0.2) is 44.2 Å². The molecule has 13 heavy (non-hydrogen) atoms. The van der Waals surface area contributed by atoms with Gasteiger partial charge in [-0.15, -0.1) is 0 Å². The van der Waals surface area contributed by atoms with Crippen LogP contribution in [0, 0.1) is 0 Å². The highest BCUT2D eigenvalue weighted by Gasteiger charge is 1.98. The molecule has 0 aromatic heterocycles. The van der Waals surface area contributed by atoms with Crippen LogP contribution in [-0.2, 0) is 9.53 Å². The van der Waals surface area contributed by atoms with Gasteiger partial charge in [-0.3, -0.25) is 4.79 Å². The molecule has 0 spiro atoms. The maximum atomic E-state index is 11.0. The van der Waals surface area contributed by atoms with Gasteiger partial charge in [0, 0.05) is 38.1 Å². The van der Waals surface area contributed by atoms with E-state index in [9.17, 15) is 4.79 Å². The molecule has 0 rings (SSSR count). The molecule has 0 heterocycles. The van der Waals surface area contributed by atoms with Crippen LogP contribution in [0.1, 0.15) is 6.42 Å². The third-order valence-corrected chi connectivity index (χ3v) is 2.32. The van der Waals surface area contributed by atoms with Crippen LogP contribution in [0.15, 0.2) is 0 Å². The van der Waals surface area contributed by atoms with Crippen molar-refractivity contribution in [3.8, 4) is 0 Å². The first-order valence-corrected chi connectivity index (χ1v) is 5.50. The summed E-state index contributed by atoms with van der Waals surface area (Å²) >= 11 is 1.72. The van der Waals surface area contributed by atoms with Gasteiger partial charge < -0.3 is 15.8 Å². The molecule has 0 aliphatic carbocycles. The van der Waals surface area contributed by atoms with Crippen molar-refractivity contribution in [2.24, 2.45) is 5.73 Å². The lowest BCUT2D eigenvalue weighted by Crippen LogP contribution is -2.29. The van der Waals surface area contributed by atoms with Crippen molar-refractivity contribution in [3.05, 3.63) is 0 Å². The minimum atomic E-state index is 0.0790. The molecule has 0 aliphatic rings. The molecule has 3 N–H and O–H groups in total. The minimum Gasteiger partial charge on any atom is -0.384 e. The summed E-state index contributed by atoms with van der Waals surface area (Å²) in [5, 5.41) is 2.71. The summed E-state index contributed by atoms with van der Waals surface area (Å²) in [6, 6.07) is 0. The highest BCUT2D eigenvalue weighted by Crippen LogP contribution is 2.01. The van der Waals surface area contributed by atoms with Crippen LogP contribution in [0.25, 0.3) is 0 Å². The molecule has 0 fully saturated rings. The van der Waals surface area contributed by atoms with Crippen molar-refractivity contribution in [1.82, 2.24) is 5.32 Å². The first-order valence-electron chi connectivity index (χ1n) is 4.34. The van der Waals surface area contributed by atoms with Crippen LogP contribution in [0.2, 0.25) is 0 Å². The largest absolute Gasteiger partial charge is 0.384 e. The molecule has 1 amide bonds. The van der Waals surface area contributed by atoms with E-state index in [1.54, 1.807) is 18.9 Å². The van der Waals surface area contributed by atoms with Crippen LogP contribution in [0.4, 0.5) is 0 Å². The van der Waals surface area contributed by atoms with Crippen molar-refractivity contribution >= 4 is 17.7 Å². The average Bonchev–Trinajstić information content (AvgIpc) is 2.14. The summed E-state index contributed by atoms with van der Waals surface area (Å²) in [5.74, 6) is 1.87. The summed E-state index contributed by atoms with van der Waals surface area (Å²) in [7, 11) is 1.68. The zero-order valence-corrected chi connectivity index (χ0v) is 8.86. The maximum absolute atomic E-state index is 11.0. The molecule has 0 atom stereocenters. The van der Waals surface area contributed by atoms with Crippen LogP contribution < -0.4 is 11.1 Å². The number of rotatable bonds is 8. The van der Waals surface area contributed by atoms with Gasteiger partial charge in [0.15, 0.2) is 0 Å². The molecule has 0 saturated carbocycles. The summed E-state index contributed by atoms with van der Waals surface area (Å²) < 4.78 is 4.88. The lowest BCUT2D eigenvalue weighted by atomic mass is 10.4. The van der Waals surface area contributed by atoms with Crippen molar-refractivity contribution < 1.29 is 9.53 Å². The molecule has 5 heteroatoms. The molecular formula is C8H18N2O2S. The normalized spacial score (nSPS) is 10.0. The van der Waals surface area contributed by atoms with Gasteiger partial charge in [-0.25, -0.2) is 0 Å². The second-order valence-corrected chi connectivity index (χ2v) is 3.72.